The van der Waals surface area contributed by atoms with Gasteiger partial charge in [-0.15, -0.1) is 0 Å². The Hall–Kier alpha value is -0.930. The number of aryl methyl sites for hydroxylation is 1. The molecule has 0 saturated heterocycles. The molecule has 0 saturated carbocycles. The zero-order chi connectivity index (χ0) is 11.8. The number of hydrogen-bond donors (Lipinski definition) is 2. The van der Waals surface area contributed by atoms with Gasteiger partial charge in [0, 0.05) is 24.5 Å². The van der Waals surface area contributed by atoms with Crippen molar-refractivity contribution in [3.63, 3.8) is 0 Å². The predicted octanol–water partition coefficient (Wildman–Crippen LogP) is 1.87. The molecule has 1 aromatic rings. The van der Waals surface area contributed by atoms with Gasteiger partial charge in [0.2, 0.25) is 0 Å². The second kappa shape index (κ2) is 7.36. The van der Waals surface area contributed by atoms with Crippen molar-refractivity contribution in [2.75, 3.05) is 13.1 Å². The van der Waals surface area contributed by atoms with E-state index in [0.29, 0.717) is 6.04 Å². The highest BCUT2D eigenvalue weighted by molar-refractivity contribution is 5.14. The van der Waals surface area contributed by atoms with Gasteiger partial charge >= 0.3 is 0 Å². The number of nitrogens with zero attached hydrogens (tertiary/aromatic N) is 1. The van der Waals surface area contributed by atoms with Gasteiger partial charge in [-0.1, -0.05) is 13.8 Å². The smallest absolute Gasteiger partial charge is 0.0375 e. The number of aromatic nitrogens is 1. The molecule has 0 atom stereocenters. The summed E-state index contributed by atoms with van der Waals surface area (Å²) >= 11 is 0. The number of nitrogens with one attached hydrogen (secondary N) is 2. The third kappa shape index (κ3) is 5.83. The van der Waals surface area contributed by atoms with E-state index in [1.54, 1.807) is 0 Å². The zero-order valence-electron chi connectivity index (χ0n) is 10.6. The van der Waals surface area contributed by atoms with Crippen LogP contribution in [-0.2, 0) is 6.54 Å². The Morgan fingerprint density at radius 3 is 2.81 bits per heavy atom. The molecule has 0 bridgehead atoms. The van der Waals surface area contributed by atoms with E-state index in [0.717, 1.165) is 25.3 Å². The lowest BCUT2D eigenvalue weighted by atomic mass is 10.2. The molecule has 0 fully saturated rings. The molecule has 0 aliphatic rings. The Morgan fingerprint density at radius 1 is 1.31 bits per heavy atom. The fourth-order valence-corrected chi connectivity index (χ4v) is 1.55. The Bertz CT molecular complexity index is 297. The molecule has 1 aromatic heterocycles. The maximum atomic E-state index is 4.18. The molecule has 0 spiro atoms. The van der Waals surface area contributed by atoms with Crippen LogP contribution < -0.4 is 10.6 Å². The topological polar surface area (TPSA) is 37.0 Å². The Kier molecular flexibility index (Phi) is 6.04. The van der Waals surface area contributed by atoms with E-state index in [4.69, 9.17) is 0 Å². The molecule has 2 N–H and O–H groups in total. The van der Waals surface area contributed by atoms with Crippen LogP contribution in [0.2, 0.25) is 0 Å². The van der Waals surface area contributed by atoms with Crippen molar-refractivity contribution in [1.82, 2.24) is 15.6 Å². The van der Waals surface area contributed by atoms with Gasteiger partial charge in [0.15, 0.2) is 0 Å². The molecule has 3 heteroatoms. The average molecular weight is 221 g/mol. The van der Waals surface area contributed by atoms with Crippen LogP contribution in [0.5, 0.6) is 0 Å². The summed E-state index contributed by atoms with van der Waals surface area (Å²) in [5.41, 5.74) is 2.39. The van der Waals surface area contributed by atoms with Crippen molar-refractivity contribution in [2.45, 2.75) is 39.8 Å². The van der Waals surface area contributed by atoms with E-state index in [9.17, 15) is 0 Å². The first kappa shape index (κ1) is 13.1. The van der Waals surface area contributed by atoms with E-state index in [-0.39, 0.29) is 0 Å². The average Bonchev–Trinajstić information content (AvgIpc) is 2.23. The standard InChI is InChI=1S/C13H23N3/c1-11(2)15-7-4-6-14-10-13-5-8-16-12(3)9-13/h5,8-9,11,14-15H,4,6-7,10H2,1-3H3. The van der Waals surface area contributed by atoms with Crippen molar-refractivity contribution in [3.8, 4) is 0 Å². The Morgan fingerprint density at radius 2 is 2.12 bits per heavy atom. The first-order chi connectivity index (χ1) is 7.68. The van der Waals surface area contributed by atoms with Crippen molar-refractivity contribution in [3.05, 3.63) is 29.6 Å². The lowest BCUT2D eigenvalue weighted by Crippen LogP contribution is -2.26. The molecular formula is C13H23N3. The van der Waals surface area contributed by atoms with Gasteiger partial charge < -0.3 is 10.6 Å². The van der Waals surface area contributed by atoms with Gasteiger partial charge in [-0.2, -0.15) is 0 Å². The van der Waals surface area contributed by atoms with Crippen LogP contribution in [-0.4, -0.2) is 24.1 Å². The van der Waals surface area contributed by atoms with Gasteiger partial charge in [0.1, 0.15) is 0 Å². The molecule has 0 unspecified atom stereocenters. The SMILES string of the molecule is Cc1cc(CNCCCNC(C)C)ccn1. The molecule has 0 amide bonds. The second-order valence-corrected chi connectivity index (χ2v) is 4.44. The molecule has 1 heterocycles. The van der Waals surface area contributed by atoms with Crippen molar-refractivity contribution < 1.29 is 0 Å². The van der Waals surface area contributed by atoms with E-state index in [1.165, 1.54) is 12.0 Å². The van der Waals surface area contributed by atoms with E-state index < -0.39 is 0 Å². The monoisotopic (exact) mass is 221 g/mol. The van der Waals surface area contributed by atoms with E-state index >= 15 is 0 Å². The maximum Gasteiger partial charge on any atom is 0.0375 e. The van der Waals surface area contributed by atoms with Crippen LogP contribution in [0, 0.1) is 6.92 Å². The first-order valence-electron chi connectivity index (χ1n) is 6.04. The minimum absolute atomic E-state index is 0.586. The third-order valence-electron chi connectivity index (χ3n) is 2.37. The molecule has 0 radical (unpaired) electrons. The summed E-state index contributed by atoms with van der Waals surface area (Å²) in [6.07, 6.45) is 3.04. The highest BCUT2D eigenvalue weighted by Crippen LogP contribution is 1.99. The summed E-state index contributed by atoms with van der Waals surface area (Å²) in [6.45, 7) is 9.45. The van der Waals surface area contributed by atoms with Crippen LogP contribution in [0.3, 0.4) is 0 Å². The fraction of sp³-hybridized carbons (Fsp3) is 0.615. The summed E-state index contributed by atoms with van der Waals surface area (Å²) in [5.74, 6) is 0. The molecule has 0 aromatic carbocycles. The highest BCUT2D eigenvalue weighted by Gasteiger charge is 1.94. The van der Waals surface area contributed by atoms with Gasteiger partial charge in [0.25, 0.3) is 0 Å². The summed E-state index contributed by atoms with van der Waals surface area (Å²) in [5, 5.41) is 6.84. The molecule has 3 nitrogen and oxygen atoms in total. The van der Waals surface area contributed by atoms with E-state index in [2.05, 4.69) is 41.6 Å². The lowest BCUT2D eigenvalue weighted by molar-refractivity contribution is 0.547. The molecule has 16 heavy (non-hydrogen) atoms. The molecular weight excluding hydrogens is 198 g/mol. The fourth-order valence-electron chi connectivity index (χ4n) is 1.55. The van der Waals surface area contributed by atoms with Crippen LogP contribution >= 0.6 is 0 Å². The number of pyridine rings is 1. The number of hydrogen-bond acceptors (Lipinski definition) is 3. The van der Waals surface area contributed by atoms with Gasteiger partial charge in [0.05, 0.1) is 0 Å². The Labute approximate surface area is 98.7 Å². The second-order valence-electron chi connectivity index (χ2n) is 4.44. The summed E-state index contributed by atoms with van der Waals surface area (Å²) in [6, 6.07) is 4.77. The van der Waals surface area contributed by atoms with Crippen molar-refractivity contribution >= 4 is 0 Å². The highest BCUT2D eigenvalue weighted by atomic mass is 14.9. The summed E-state index contributed by atoms with van der Waals surface area (Å²) < 4.78 is 0. The minimum Gasteiger partial charge on any atom is -0.314 e. The minimum atomic E-state index is 0.586. The van der Waals surface area contributed by atoms with Crippen LogP contribution in [0.25, 0.3) is 0 Å². The van der Waals surface area contributed by atoms with E-state index in [1.807, 2.05) is 13.1 Å². The van der Waals surface area contributed by atoms with Gasteiger partial charge in [-0.3, -0.25) is 4.98 Å². The molecule has 0 aliphatic carbocycles. The quantitative estimate of drug-likeness (QED) is 0.690. The van der Waals surface area contributed by atoms with Crippen molar-refractivity contribution in [1.29, 1.82) is 0 Å². The Balaban J connectivity index is 2.07. The summed E-state index contributed by atoms with van der Waals surface area (Å²) in [7, 11) is 0. The van der Waals surface area contributed by atoms with Gasteiger partial charge in [-0.05, 0) is 44.1 Å². The van der Waals surface area contributed by atoms with Crippen LogP contribution in [0.15, 0.2) is 18.3 Å². The largest absolute Gasteiger partial charge is 0.314 e. The molecule has 1 rings (SSSR count). The zero-order valence-corrected chi connectivity index (χ0v) is 10.6. The van der Waals surface area contributed by atoms with Crippen LogP contribution in [0.4, 0.5) is 0 Å². The predicted molar refractivity (Wildman–Crippen MR) is 68.4 cm³/mol. The molecule has 0 aliphatic heterocycles. The van der Waals surface area contributed by atoms with Crippen LogP contribution in [0.1, 0.15) is 31.5 Å². The summed E-state index contributed by atoms with van der Waals surface area (Å²) in [4.78, 5) is 4.18. The first-order valence-corrected chi connectivity index (χ1v) is 6.04. The molecule has 90 valence electrons. The normalized spacial score (nSPS) is 11.0. The third-order valence-corrected chi connectivity index (χ3v) is 2.37. The number of rotatable bonds is 7. The lowest BCUT2D eigenvalue weighted by Gasteiger charge is -2.08. The van der Waals surface area contributed by atoms with Gasteiger partial charge in [-0.25, -0.2) is 0 Å². The van der Waals surface area contributed by atoms with Crippen molar-refractivity contribution in [2.24, 2.45) is 0 Å². The maximum absolute atomic E-state index is 4.18.